The largest absolute Gasteiger partial charge is 0.490 e. The highest BCUT2D eigenvalue weighted by Gasteiger charge is 2.64. The number of benzene rings is 2. The lowest BCUT2D eigenvalue weighted by Crippen LogP contribution is -2.56. The molecule has 0 amide bonds. The first-order valence-electron chi connectivity index (χ1n) is 16.3. The fourth-order valence-electron chi connectivity index (χ4n) is 5.95. The van der Waals surface area contributed by atoms with Gasteiger partial charge >= 0.3 is 5.97 Å². The van der Waals surface area contributed by atoms with Gasteiger partial charge in [-0.3, -0.25) is 0 Å². The summed E-state index contributed by atoms with van der Waals surface area (Å²) in [4.78, 5) is 14.3. The van der Waals surface area contributed by atoms with Crippen LogP contribution < -0.4 is 0 Å². The zero-order valence-corrected chi connectivity index (χ0v) is 32.5. The number of ether oxygens (including phenoxy) is 2. The first-order chi connectivity index (χ1) is 21.4. The molecule has 46 heavy (non-hydrogen) atoms. The fourth-order valence-corrected chi connectivity index (χ4v) is 10.2. The summed E-state index contributed by atoms with van der Waals surface area (Å²) in [5.74, 6) is 0.400. The molecule has 0 spiro atoms. The third-order valence-electron chi connectivity index (χ3n) is 10.7. The van der Waals surface area contributed by atoms with Crippen LogP contribution in [0.5, 0.6) is 0 Å². The molecule has 246 valence electrons. The smallest absolute Gasteiger partial charge is 0.342 e. The van der Waals surface area contributed by atoms with E-state index in [4.69, 9.17) is 18.3 Å². The van der Waals surface area contributed by atoms with Crippen molar-refractivity contribution in [2.24, 2.45) is 0 Å². The van der Waals surface area contributed by atoms with Crippen molar-refractivity contribution in [3.63, 3.8) is 0 Å². The third kappa shape index (κ3) is 6.08. The number of carbonyl (C=O) groups excluding carboxylic acids is 1. The minimum absolute atomic E-state index is 0.0406. The number of carbonyl (C=O) groups is 1. The molecule has 3 atom stereocenters. The SMILES string of the molecule is CC(C)(C)[Si](C)(C)O[C@@H]1C(OCc2ccc3sccc3c2)=C(Cc2ccc3sccc3c2)[C@]2(O[Si](C)(C)C(C)(C)C)C[C@H]1OC2=O. The van der Waals surface area contributed by atoms with E-state index in [0.29, 0.717) is 25.2 Å². The second-order valence-corrected chi connectivity index (χ2v) is 27.4. The van der Waals surface area contributed by atoms with Crippen molar-refractivity contribution in [1.29, 1.82) is 0 Å². The average Bonchev–Trinajstić information content (AvgIpc) is 3.67. The molecule has 1 fully saturated rings. The third-order valence-corrected chi connectivity index (χ3v) is 21.5. The van der Waals surface area contributed by atoms with Gasteiger partial charge in [-0.15, -0.1) is 22.7 Å². The van der Waals surface area contributed by atoms with Gasteiger partial charge in [-0.1, -0.05) is 53.7 Å². The lowest BCUT2D eigenvalue weighted by atomic mass is 9.79. The highest BCUT2D eigenvalue weighted by atomic mass is 32.1. The van der Waals surface area contributed by atoms with Crippen LogP contribution in [-0.4, -0.2) is 40.4 Å². The standard InChI is InChI=1S/C37H48O5S2Si2/c1-35(2,3)45(7,8)41-33-29-22-37(34(38)40-29,42-46(9,10)36(4,5)6)28(21-24-11-13-30-26(19-24)15-17-43-30)32(33)39-23-25-12-14-31-27(20-25)16-18-44-31/h11-20,29,33H,21-23H2,1-10H3/t29-,33+,37-/m1/s1. The maximum atomic E-state index is 14.3. The van der Waals surface area contributed by atoms with Crippen molar-refractivity contribution in [2.45, 2.75) is 115 Å². The number of hydrogen-bond acceptors (Lipinski definition) is 7. The maximum Gasteiger partial charge on any atom is 0.342 e. The molecule has 2 aromatic carbocycles. The molecule has 2 bridgehead atoms. The lowest BCUT2D eigenvalue weighted by Gasteiger charge is -2.47. The van der Waals surface area contributed by atoms with Crippen LogP contribution in [0, 0.1) is 0 Å². The highest BCUT2D eigenvalue weighted by Crippen LogP contribution is 2.53. The van der Waals surface area contributed by atoms with E-state index in [-0.39, 0.29) is 16.0 Å². The number of hydrogen-bond donors (Lipinski definition) is 0. The molecule has 4 aromatic rings. The molecule has 6 rings (SSSR count). The summed E-state index contributed by atoms with van der Waals surface area (Å²) in [6.07, 6.45) is -0.0445. The normalized spacial score (nSPS) is 22.6. The summed E-state index contributed by atoms with van der Waals surface area (Å²) < 4.78 is 30.2. The fraction of sp³-hybridized carbons (Fsp3) is 0.486. The number of esters is 1. The predicted molar refractivity (Wildman–Crippen MR) is 197 cm³/mol. The van der Waals surface area contributed by atoms with Crippen molar-refractivity contribution in [3.05, 3.63) is 81.8 Å². The van der Waals surface area contributed by atoms with Gasteiger partial charge in [0.25, 0.3) is 0 Å². The van der Waals surface area contributed by atoms with Crippen molar-refractivity contribution in [1.82, 2.24) is 0 Å². The van der Waals surface area contributed by atoms with Crippen molar-refractivity contribution < 1.29 is 23.1 Å². The Bertz CT molecular complexity index is 1810. The van der Waals surface area contributed by atoms with Crippen molar-refractivity contribution >= 4 is 65.4 Å². The van der Waals surface area contributed by atoms with Crippen LogP contribution in [0.1, 0.15) is 59.1 Å². The van der Waals surface area contributed by atoms with Crippen LogP contribution in [0.4, 0.5) is 0 Å². The lowest BCUT2D eigenvalue weighted by molar-refractivity contribution is -0.152. The van der Waals surface area contributed by atoms with Gasteiger partial charge in [-0.25, -0.2) is 4.79 Å². The summed E-state index contributed by atoms with van der Waals surface area (Å²) in [7, 11) is -4.77. The van der Waals surface area contributed by atoms with E-state index in [1.54, 1.807) is 22.7 Å². The van der Waals surface area contributed by atoms with Gasteiger partial charge in [0.1, 0.15) is 24.6 Å². The second kappa shape index (κ2) is 11.7. The molecule has 2 aliphatic rings. The molecule has 2 aromatic heterocycles. The van der Waals surface area contributed by atoms with E-state index in [1.165, 1.54) is 20.2 Å². The molecule has 9 heteroatoms. The van der Waals surface area contributed by atoms with Crippen molar-refractivity contribution in [2.75, 3.05) is 0 Å². The molecule has 0 unspecified atom stereocenters. The minimum Gasteiger partial charge on any atom is -0.490 e. The Kier molecular flexibility index (Phi) is 8.55. The zero-order chi connectivity index (χ0) is 33.3. The quantitative estimate of drug-likeness (QED) is 0.129. The van der Waals surface area contributed by atoms with Crippen molar-refractivity contribution in [3.8, 4) is 0 Å². The van der Waals surface area contributed by atoms with E-state index in [1.807, 2.05) is 0 Å². The summed E-state index contributed by atoms with van der Waals surface area (Å²) in [5, 5.41) is 6.50. The monoisotopic (exact) mass is 692 g/mol. The molecule has 1 aliphatic heterocycles. The molecule has 1 aliphatic carbocycles. The van der Waals surface area contributed by atoms with E-state index in [2.05, 4.69) is 127 Å². The summed E-state index contributed by atoms with van der Waals surface area (Å²) >= 11 is 3.47. The first kappa shape index (κ1) is 33.6. The molecular weight excluding hydrogens is 645 g/mol. The van der Waals surface area contributed by atoms with Gasteiger partial charge < -0.3 is 18.3 Å². The molecule has 0 radical (unpaired) electrons. The van der Waals surface area contributed by atoms with E-state index in [0.717, 1.165) is 16.7 Å². The number of rotatable bonds is 9. The Labute approximate surface area is 284 Å². The summed E-state index contributed by atoms with van der Waals surface area (Å²) in [5.41, 5.74) is 1.82. The molecule has 0 N–H and O–H groups in total. The van der Waals surface area contributed by atoms with Crippen LogP contribution in [0.15, 0.2) is 70.6 Å². The molecule has 1 saturated heterocycles. The van der Waals surface area contributed by atoms with E-state index < -0.39 is 34.4 Å². The average molecular weight is 693 g/mol. The van der Waals surface area contributed by atoms with Gasteiger partial charge in [-0.2, -0.15) is 0 Å². The Hall–Kier alpha value is -2.28. The van der Waals surface area contributed by atoms with Crippen LogP contribution in [0.3, 0.4) is 0 Å². The van der Waals surface area contributed by atoms with Crippen LogP contribution in [0.2, 0.25) is 36.3 Å². The number of fused-ring (bicyclic) bond motifs is 4. The van der Waals surface area contributed by atoms with Gasteiger partial charge in [0.15, 0.2) is 22.2 Å². The molecular formula is C37H48O5S2Si2. The number of thiophene rings is 2. The maximum absolute atomic E-state index is 14.3. The Morgan fingerprint density at radius 2 is 1.39 bits per heavy atom. The molecule has 5 nitrogen and oxygen atoms in total. The van der Waals surface area contributed by atoms with Gasteiger partial charge in [0, 0.05) is 27.8 Å². The molecule has 3 heterocycles. The van der Waals surface area contributed by atoms with Crippen LogP contribution >= 0.6 is 22.7 Å². The second-order valence-electron chi connectivity index (χ2n) is 16.0. The van der Waals surface area contributed by atoms with Gasteiger partial charge in [0.05, 0.1) is 0 Å². The van der Waals surface area contributed by atoms with E-state index >= 15 is 0 Å². The Morgan fingerprint density at radius 3 is 1.98 bits per heavy atom. The Morgan fingerprint density at radius 1 is 0.826 bits per heavy atom. The predicted octanol–water partition coefficient (Wildman–Crippen LogP) is 10.6. The zero-order valence-electron chi connectivity index (χ0n) is 28.9. The van der Waals surface area contributed by atoms with Gasteiger partial charge in [0.2, 0.25) is 0 Å². The summed E-state index contributed by atoms with van der Waals surface area (Å²) in [6.45, 7) is 22.7. The van der Waals surface area contributed by atoms with Crippen LogP contribution in [-0.2, 0) is 36.1 Å². The van der Waals surface area contributed by atoms with E-state index in [9.17, 15) is 4.79 Å². The van der Waals surface area contributed by atoms with Crippen LogP contribution in [0.25, 0.3) is 20.2 Å². The Balaban J connectivity index is 1.52. The highest BCUT2D eigenvalue weighted by molar-refractivity contribution is 7.17. The summed E-state index contributed by atoms with van der Waals surface area (Å²) in [6, 6.07) is 17.4. The first-order valence-corrected chi connectivity index (χ1v) is 23.9. The van der Waals surface area contributed by atoms with Gasteiger partial charge in [-0.05, 0) is 105 Å². The topological polar surface area (TPSA) is 54.0 Å². The minimum atomic E-state index is -2.45. The molecule has 0 saturated carbocycles.